The molecule has 0 unspecified atom stereocenters. The normalized spacial score (nSPS) is 11.9. The lowest BCUT2D eigenvalue weighted by Crippen LogP contribution is -2.17. The minimum absolute atomic E-state index is 0.312. The maximum Gasteiger partial charge on any atom is 0.226 e. The summed E-state index contributed by atoms with van der Waals surface area (Å²) in [4.78, 5) is 9.25. The number of rotatable bonds is 8. The van der Waals surface area contributed by atoms with Gasteiger partial charge in [-0.05, 0) is 31.2 Å². The summed E-state index contributed by atoms with van der Waals surface area (Å²) in [6.07, 6.45) is 1.17. The third-order valence-electron chi connectivity index (χ3n) is 4.64. The first-order chi connectivity index (χ1) is 15.1. The van der Waals surface area contributed by atoms with Gasteiger partial charge in [0.1, 0.15) is 17.3 Å². The zero-order chi connectivity index (χ0) is 21.8. The van der Waals surface area contributed by atoms with E-state index in [2.05, 4.69) is 25.7 Å². The third kappa shape index (κ3) is 4.36. The van der Waals surface area contributed by atoms with Gasteiger partial charge < -0.3 is 25.2 Å². The van der Waals surface area contributed by atoms with Gasteiger partial charge in [-0.3, -0.25) is 0 Å². The van der Waals surface area contributed by atoms with E-state index < -0.39 is 6.10 Å². The van der Waals surface area contributed by atoms with Crippen LogP contribution in [0.15, 0.2) is 54.7 Å². The molecule has 9 heteroatoms. The van der Waals surface area contributed by atoms with Crippen LogP contribution in [0.1, 0.15) is 6.92 Å². The summed E-state index contributed by atoms with van der Waals surface area (Å²) in [5.41, 5.74) is 2.19. The highest BCUT2D eigenvalue weighted by Crippen LogP contribution is 2.33. The summed E-state index contributed by atoms with van der Waals surface area (Å²) < 4.78 is 12.6. The highest BCUT2D eigenvalue weighted by atomic mass is 16.5. The zero-order valence-corrected chi connectivity index (χ0v) is 17.5. The average Bonchev–Trinajstić information content (AvgIpc) is 3.22. The third-order valence-corrected chi connectivity index (χ3v) is 4.64. The highest BCUT2D eigenvalue weighted by Gasteiger charge is 2.16. The van der Waals surface area contributed by atoms with Crippen molar-refractivity contribution in [2.45, 2.75) is 13.0 Å². The maximum absolute atomic E-state index is 9.67. The van der Waals surface area contributed by atoms with E-state index >= 15 is 0 Å². The molecular formula is C22H24N6O3. The minimum atomic E-state index is -0.548. The molecule has 2 aromatic carbocycles. The molecule has 0 radical (unpaired) electrons. The summed E-state index contributed by atoms with van der Waals surface area (Å²) in [5, 5.41) is 21.3. The van der Waals surface area contributed by atoms with E-state index in [-0.39, 0.29) is 0 Å². The predicted octanol–water partition coefficient (Wildman–Crippen LogP) is 3.37. The van der Waals surface area contributed by atoms with Gasteiger partial charge in [0.25, 0.3) is 0 Å². The van der Waals surface area contributed by atoms with Crippen LogP contribution in [-0.2, 0) is 0 Å². The first-order valence-corrected chi connectivity index (χ1v) is 9.81. The van der Waals surface area contributed by atoms with Crippen LogP contribution in [-0.4, -0.2) is 51.7 Å². The number of hydrogen-bond acceptors (Lipinski definition) is 8. The topological polar surface area (TPSA) is 106 Å². The van der Waals surface area contributed by atoms with Crippen molar-refractivity contribution in [3.8, 4) is 17.2 Å². The Morgan fingerprint density at radius 2 is 1.87 bits per heavy atom. The highest BCUT2D eigenvalue weighted by molar-refractivity contribution is 5.91. The second-order valence-corrected chi connectivity index (χ2v) is 6.95. The van der Waals surface area contributed by atoms with Crippen LogP contribution in [0.2, 0.25) is 0 Å². The SMILES string of the molecule is COc1ccc(OC)c(Nc2nc(NC[C@@H](C)O)nc3c2cnn3-c2ccccc2)c1. The van der Waals surface area contributed by atoms with Crippen molar-refractivity contribution in [1.82, 2.24) is 19.7 Å². The van der Waals surface area contributed by atoms with E-state index in [0.29, 0.717) is 41.1 Å². The van der Waals surface area contributed by atoms with E-state index in [9.17, 15) is 5.11 Å². The number of nitrogens with one attached hydrogen (secondary N) is 2. The van der Waals surface area contributed by atoms with Gasteiger partial charge in [0, 0.05) is 12.6 Å². The molecule has 0 aliphatic rings. The van der Waals surface area contributed by atoms with Crippen LogP contribution >= 0.6 is 0 Å². The van der Waals surface area contributed by atoms with E-state index in [1.54, 1.807) is 32.0 Å². The van der Waals surface area contributed by atoms with Crippen molar-refractivity contribution >= 4 is 28.5 Å². The van der Waals surface area contributed by atoms with Gasteiger partial charge in [-0.15, -0.1) is 0 Å². The number of hydrogen-bond donors (Lipinski definition) is 3. The van der Waals surface area contributed by atoms with Gasteiger partial charge in [-0.25, -0.2) is 4.68 Å². The number of ether oxygens (including phenoxy) is 2. The van der Waals surface area contributed by atoms with Crippen molar-refractivity contribution in [2.75, 3.05) is 31.4 Å². The molecule has 31 heavy (non-hydrogen) atoms. The number of benzene rings is 2. The van der Waals surface area contributed by atoms with Gasteiger partial charge >= 0.3 is 0 Å². The summed E-state index contributed by atoms with van der Waals surface area (Å²) in [6, 6.07) is 15.2. The molecule has 0 saturated carbocycles. The number of aliphatic hydroxyl groups excluding tert-OH is 1. The molecule has 3 N–H and O–H groups in total. The molecule has 2 heterocycles. The van der Waals surface area contributed by atoms with Crippen LogP contribution in [0.5, 0.6) is 11.5 Å². The molecule has 0 aliphatic carbocycles. The lowest BCUT2D eigenvalue weighted by atomic mass is 10.2. The number of para-hydroxylation sites is 1. The van der Waals surface area contributed by atoms with Crippen LogP contribution in [0.3, 0.4) is 0 Å². The van der Waals surface area contributed by atoms with Crippen LogP contribution in [0, 0.1) is 0 Å². The quantitative estimate of drug-likeness (QED) is 0.398. The summed E-state index contributed by atoms with van der Waals surface area (Å²) >= 11 is 0. The fraction of sp³-hybridized carbons (Fsp3) is 0.227. The fourth-order valence-electron chi connectivity index (χ4n) is 3.12. The van der Waals surface area contributed by atoms with Gasteiger partial charge in [0.05, 0.1) is 43.3 Å². The molecule has 0 spiro atoms. The van der Waals surface area contributed by atoms with Crippen molar-refractivity contribution in [3.05, 3.63) is 54.7 Å². The predicted molar refractivity (Wildman–Crippen MR) is 120 cm³/mol. The fourth-order valence-corrected chi connectivity index (χ4v) is 3.12. The second kappa shape index (κ2) is 8.88. The maximum atomic E-state index is 9.67. The Balaban J connectivity index is 1.83. The largest absolute Gasteiger partial charge is 0.497 e. The first-order valence-electron chi connectivity index (χ1n) is 9.81. The van der Waals surface area contributed by atoms with Gasteiger partial charge in [0.2, 0.25) is 5.95 Å². The number of anilines is 3. The Labute approximate surface area is 179 Å². The van der Waals surface area contributed by atoms with Crippen molar-refractivity contribution in [2.24, 2.45) is 0 Å². The standard InChI is InChI=1S/C22H24N6O3/c1-14(29)12-23-22-26-20(25-18-11-16(30-2)9-10-19(18)31-3)17-13-24-28(21(17)27-22)15-7-5-4-6-8-15/h4-11,13-14,29H,12H2,1-3H3,(H2,23,25,26,27)/t14-/m1/s1. The molecule has 4 rings (SSSR count). The Hall–Kier alpha value is -3.85. The number of fused-ring (bicyclic) bond motifs is 1. The van der Waals surface area contributed by atoms with Gasteiger partial charge in [-0.2, -0.15) is 15.1 Å². The Kier molecular flexibility index (Phi) is 5.85. The van der Waals surface area contributed by atoms with Crippen LogP contribution in [0.4, 0.5) is 17.5 Å². The number of aromatic nitrogens is 4. The van der Waals surface area contributed by atoms with Gasteiger partial charge in [0.15, 0.2) is 5.65 Å². The molecule has 0 saturated heterocycles. The Morgan fingerprint density at radius 1 is 1.06 bits per heavy atom. The monoisotopic (exact) mass is 420 g/mol. The lowest BCUT2D eigenvalue weighted by molar-refractivity contribution is 0.208. The molecule has 0 aliphatic heterocycles. The molecule has 2 aromatic heterocycles. The van der Waals surface area contributed by atoms with E-state index in [1.165, 1.54) is 0 Å². The summed E-state index contributed by atoms with van der Waals surface area (Å²) in [5.74, 6) is 2.24. The van der Waals surface area contributed by atoms with E-state index in [4.69, 9.17) is 9.47 Å². The Bertz CT molecular complexity index is 1180. The molecule has 0 fully saturated rings. The molecule has 1 atom stereocenters. The molecule has 4 aromatic rings. The molecule has 0 bridgehead atoms. The summed E-state index contributed by atoms with van der Waals surface area (Å²) in [6.45, 7) is 2.01. The minimum Gasteiger partial charge on any atom is -0.497 e. The van der Waals surface area contributed by atoms with Crippen LogP contribution < -0.4 is 20.1 Å². The van der Waals surface area contributed by atoms with Crippen molar-refractivity contribution in [3.63, 3.8) is 0 Å². The average molecular weight is 420 g/mol. The van der Waals surface area contributed by atoms with Crippen LogP contribution in [0.25, 0.3) is 16.7 Å². The second-order valence-electron chi connectivity index (χ2n) is 6.95. The number of methoxy groups -OCH3 is 2. The van der Waals surface area contributed by atoms with Crippen molar-refractivity contribution < 1.29 is 14.6 Å². The first kappa shape index (κ1) is 20.4. The van der Waals surface area contributed by atoms with E-state index in [0.717, 1.165) is 11.1 Å². The molecule has 0 amide bonds. The van der Waals surface area contributed by atoms with Crippen molar-refractivity contribution in [1.29, 1.82) is 0 Å². The summed E-state index contributed by atoms with van der Waals surface area (Å²) in [7, 11) is 3.21. The lowest BCUT2D eigenvalue weighted by Gasteiger charge is -2.14. The number of aliphatic hydroxyl groups is 1. The Morgan fingerprint density at radius 3 is 2.58 bits per heavy atom. The van der Waals surface area contributed by atoms with Gasteiger partial charge in [-0.1, -0.05) is 18.2 Å². The molecule has 160 valence electrons. The van der Waals surface area contributed by atoms with E-state index in [1.807, 2.05) is 48.5 Å². The molecular weight excluding hydrogens is 396 g/mol. The molecule has 9 nitrogen and oxygen atoms in total. The zero-order valence-electron chi connectivity index (χ0n) is 17.5. The smallest absolute Gasteiger partial charge is 0.226 e. The number of nitrogens with zero attached hydrogens (tertiary/aromatic N) is 4.